The van der Waals surface area contributed by atoms with Gasteiger partial charge in [0.25, 0.3) is 0 Å². The topological polar surface area (TPSA) is 64.2 Å². The van der Waals surface area contributed by atoms with Crippen LogP contribution in [0.5, 0.6) is 11.5 Å². The lowest BCUT2D eigenvalue weighted by Gasteiger charge is -2.26. The average Bonchev–Trinajstić information content (AvgIpc) is 3.88. The van der Waals surface area contributed by atoms with E-state index in [2.05, 4.69) is 208 Å². The van der Waals surface area contributed by atoms with Gasteiger partial charge in [-0.25, -0.2) is 4.98 Å². The summed E-state index contributed by atoms with van der Waals surface area (Å²) in [6, 6.07) is 65.8. The summed E-state index contributed by atoms with van der Waals surface area (Å²) in [6.07, 6.45) is 1.91. The van der Waals surface area contributed by atoms with Crippen molar-refractivity contribution >= 4 is 66.5 Å². The first kappa shape index (κ1) is 41.6. The van der Waals surface area contributed by atoms with E-state index >= 15 is 0 Å². The van der Waals surface area contributed by atoms with Gasteiger partial charge in [0.15, 0.2) is 0 Å². The Morgan fingerprint density at radius 2 is 1.12 bits per heavy atom. The molecule has 0 radical (unpaired) electrons. The van der Waals surface area contributed by atoms with Gasteiger partial charge in [0.2, 0.25) is 0 Å². The van der Waals surface area contributed by atoms with Crippen molar-refractivity contribution in [3.8, 4) is 39.6 Å². The first-order chi connectivity index (χ1) is 32.5. The van der Waals surface area contributed by atoms with Crippen LogP contribution in [0.1, 0.15) is 52.7 Å². The summed E-state index contributed by atoms with van der Waals surface area (Å²) in [6.45, 7) is 13.5. The minimum absolute atomic E-state index is 0.0553. The molecular weight excluding hydrogens is 821 g/mol. The molecule has 0 atom stereocenters. The molecule has 0 spiro atoms. The van der Waals surface area contributed by atoms with Gasteiger partial charge in [-0.3, -0.25) is 4.57 Å². The molecule has 11 rings (SSSR count). The van der Waals surface area contributed by atoms with Crippen molar-refractivity contribution in [2.45, 2.75) is 52.4 Å². The van der Waals surface area contributed by atoms with Gasteiger partial charge in [-0.1, -0.05) is 139 Å². The molecular formula is C61H52N4O2. The lowest BCUT2D eigenvalue weighted by molar-refractivity contribution is 0.483. The number of pyridine rings is 1. The van der Waals surface area contributed by atoms with Crippen LogP contribution in [0.3, 0.4) is 0 Å². The monoisotopic (exact) mass is 872 g/mol. The number of nitrogens with one attached hydrogen (secondary N) is 2. The van der Waals surface area contributed by atoms with Gasteiger partial charge in [-0.05, 0) is 112 Å². The summed E-state index contributed by atoms with van der Waals surface area (Å²) >= 11 is 0. The first-order valence-corrected chi connectivity index (χ1v) is 23.0. The molecule has 0 aliphatic rings. The Kier molecular flexibility index (Phi) is 10.2. The first-order valence-electron chi connectivity index (χ1n) is 23.0. The Morgan fingerprint density at radius 1 is 0.493 bits per heavy atom. The SMILES string of the molecule is CC(C)(C)c1ccnc(-n2c3cc(Oc4cccc(Nc5ccccc5Nc5c(-c6ccccc6)cc(C(C)(C)C)cc5-c5ccccc5)c4)ccc3c3c4oc5ccccc5c4ccc32)c1. The van der Waals surface area contributed by atoms with Gasteiger partial charge in [0, 0.05) is 51.3 Å². The lowest BCUT2D eigenvalue weighted by Crippen LogP contribution is -2.12. The number of para-hydroxylation sites is 3. The fourth-order valence-electron chi connectivity index (χ4n) is 9.25. The molecule has 0 aliphatic heterocycles. The van der Waals surface area contributed by atoms with E-state index in [1.165, 1.54) is 11.1 Å². The average molecular weight is 873 g/mol. The maximum Gasteiger partial charge on any atom is 0.145 e. The normalized spacial score (nSPS) is 12.0. The number of furan rings is 1. The maximum atomic E-state index is 6.75. The fraction of sp³-hybridized carbons (Fsp3) is 0.131. The van der Waals surface area contributed by atoms with Crippen molar-refractivity contribution in [1.29, 1.82) is 0 Å². The van der Waals surface area contributed by atoms with Crippen LogP contribution in [-0.2, 0) is 10.8 Å². The molecule has 6 nitrogen and oxygen atoms in total. The molecule has 67 heavy (non-hydrogen) atoms. The zero-order valence-electron chi connectivity index (χ0n) is 38.7. The standard InChI is InChI=1S/C61H52N4O2/c1-60(2,3)41-32-33-62-56(36-41)65-53-31-30-47-46-24-13-16-27-55(46)67-59(47)57(53)48-29-28-45(38-54(48)65)66-44-23-17-22-43(37-44)63-51-25-14-15-26-52(51)64-58-49(39-18-9-7-10-19-39)34-42(61(4,5)6)35-50(58)40-20-11-8-12-21-40/h7-38,63-64H,1-6H3. The highest BCUT2D eigenvalue weighted by Gasteiger charge is 2.24. The number of nitrogens with zero attached hydrogens (tertiary/aromatic N) is 2. The summed E-state index contributed by atoms with van der Waals surface area (Å²) in [5.41, 5.74) is 14.5. The van der Waals surface area contributed by atoms with Crippen molar-refractivity contribution < 1.29 is 9.15 Å². The lowest BCUT2D eigenvalue weighted by atomic mass is 9.82. The van der Waals surface area contributed by atoms with Gasteiger partial charge < -0.3 is 19.8 Å². The molecule has 0 unspecified atom stereocenters. The summed E-state index contributed by atoms with van der Waals surface area (Å²) < 4.78 is 15.6. The maximum absolute atomic E-state index is 6.75. The van der Waals surface area contributed by atoms with Crippen LogP contribution in [0.15, 0.2) is 199 Å². The summed E-state index contributed by atoms with van der Waals surface area (Å²) in [5, 5.41) is 12.0. The van der Waals surface area contributed by atoms with Crippen molar-refractivity contribution in [3.63, 3.8) is 0 Å². The Hall–Kier alpha value is -8.09. The number of aromatic nitrogens is 2. The third-order valence-electron chi connectivity index (χ3n) is 12.8. The second kappa shape index (κ2) is 16.4. The number of rotatable bonds is 9. The molecule has 8 aromatic carbocycles. The van der Waals surface area contributed by atoms with Crippen molar-refractivity contribution in [3.05, 3.63) is 205 Å². The molecule has 0 aliphatic carbocycles. The molecule has 3 aromatic heterocycles. The van der Waals surface area contributed by atoms with Gasteiger partial charge >= 0.3 is 0 Å². The highest BCUT2D eigenvalue weighted by molar-refractivity contribution is 6.24. The molecule has 0 amide bonds. The number of ether oxygens (including phenoxy) is 1. The van der Waals surface area contributed by atoms with Crippen LogP contribution < -0.4 is 15.4 Å². The highest BCUT2D eigenvalue weighted by atomic mass is 16.5. The molecule has 11 aromatic rings. The van der Waals surface area contributed by atoms with Gasteiger partial charge in [0.05, 0.1) is 33.5 Å². The Labute approximate surface area is 391 Å². The zero-order valence-corrected chi connectivity index (χ0v) is 38.7. The summed E-state index contributed by atoms with van der Waals surface area (Å²) in [7, 11) is 0. The highest BCUT2D eigenvalue weighted by Crippen LogP contribution is 2.45. The Morgan fingerprint density at radius 3 is 1.82 bits per heavy atom. The molecule has 0 fully saturated rings. The number of fused-ring (bicyclic) bond motifs is 7. The van der Waals surface area contributed by atoms with Crippen molar-refractivity contribution in [2.24, 2.45) is 0 Å². The smallest absolute Gasteiger partial charge is 0.145 e. The van der Waals surface area contributed by atoms with Crippen LogP contribution in [-0.4, -0.2) is 9.55 Å². The number of benzene rings is 8. The van der Waals surface area contributed by atoms with Crippen LogP contribution >= 0.6 is 0 Å². The summed E-state index contributed by atoms with van der Waals surface area (Å²) in [4.78, 5) is 4.95. The van der Waals surface area contributed by atoms with Crippen molar-refractivity contribution in [1.82, 2.24) is 9.55 Å². The summed E-state index contributed by atoms with van der Waals surface area (Å²) in [5.74, 6) is 2.26. The number of hydrogen-bond donors (Lipinski definition) is 2. The fourth-order valence-corrected chi connectivity index (χ4v) is 9.25. The van der Waals surface area contributed by atoms with E-state index in [1.54, 1.807) is 0 Å². The van der Waals surface area contributed by atoms with E-state index in [0.29, 0.717) is 11.5 Å². The van der Waals surface area contributed by atoms with E-state index in [1.807, 2.05) is 42.6 Å². The molecule has 328 valence electrons. The third kappa shape index (κ3) is 7.84. The number of hydrogen-bond acceptors (Lipinski definition) is 5. The molecule has 3 heterocycles. The largest absolute Gasteiger partial charge is 0.457 e. The van der Waals surface area contributed by atoms with E-state index in [0.717, 1.165) is 94.6 Å². The second-order valence-electron chi connectivity index (χ2n) is 19.5. The third-order valence-corrected chi connectivity index (χ3v) is 12.8. The quantitative estimate of drug-likeness (QED) is 0.151. The van der Waals surface area contributed by atoms with E-state index < -0.39 is 0 Å². The Bertz CT molecular complexity index is 3570. The van der Waals surface area contributed by atoms with Gasteiger partial charge in [0.1, 0.15) is 28.5 Å². The minimum Gasteiger partial charge on any atom is -0.457 e. The predicted molar refractivity (Wildman–Crippen MR) is 280 cm³/mol. The predicted octanol–water partition coefficient (Wildman–Crippen LogP) is 17.3. The van der Waals surface area contributed by atoms with Crippen LogP contribution in [0.25, 0.3) is 71.8 Å². The molecule has 2 N–H and O–H groups in total. The number of anilines is 4. The van der Waals surface area contributed by atoms with E-state index in [-0.39, 0.29) is 10.8 Å². The van der Waals surface area contributed by atoms with E-state index in [4.69, 9.17) is 14.1 Å². The second-order valence-corrected chi connectivity index (χ2v) is 19.5. The van der Waals surface area contributed by atoms with Crippen molar-refractivity contribution in [2.75, 3.05) is 10.6 Å². The van der Waals surface area contributed by atoms with Crippen LogP contribution in [0.4, 0.5) is 22.7 Å². The molecule has 0 saturated heterocycles. The Balaban J connectivity index is 0.965. The molecule has 6 heteroatoms. The van der Waals surface area contributed by atoms with E-state index in [9.17, 15) is 0 Å². The molecule has 0 bridgehead atoms. The van der Waals surface area contributed by atoms with Crippen LogP contribution in [0, 0.1) is 0 Å². The van der Waals surface area contributed by atoms with Crippen LogP contribution in [0.2, 0.25) is 0 Å². The zero-order chi connectivity index (χ0) is 45.9. The van der Waals surface area contributed by atoms with Gasteiger partial charge in [-0.2, -0.15) is 0 Å². The minimum atomic E-state index is -0.0558. The van der Waals surface area contributed by atoms with Gasteiger partial charge in [-0.15, -0.1) is 0 Å². The molecule has 0 saturated carbocycles.